The summed E-state index contributed by atoms with van der Waals surface area (Å²) in [4.78, 5) is 8.16. The fraction of sp³-hybridized carbons (Fsp3) is 0. The molecular weight excluding hydrogens is 180 g/mol. The molecule has 1 heterocycles. The highest BCUT2D eigenvalue weighted by atomic mass is 32.1. The van der Waals surface area contributed by atoms with Crippen LogP contribution in [0.15, 0.2) is 41.5 Å². The topological polar surface area (TPSA) is 25.2 Å². The van der Waals surface area contributed by atoms with Crippen LogP contribution in [-0.4, -0.2) is 10.1 Å². The van der Waals surface area contributed by atoms with E-state index >= 15 is 0 Å². The number of pyridine rings is 1. The molecule has 0 unspecified atom stereocenters. The molecule has 2 aromatic rings. The van der Waals surface area contributed by atoms with Gasteiger partial charge in [-0.05, 0) is 36.5 Å². The molecule has 0 bridgehead atoms. The first kappa shape index (κ1) is 8.05. The van der Waals surface area contributed by atoms with Crippen LogP contribution < -0.4 is 0 Å². The number of fused-ring (bicyclic) bond motifs is 1. The molecule has 13 heavy (non-hydrogen) atoms. The van der Waals surface area contributed by atoms with Crippen molar-refractivity contribution in [2.24, 2.45) is 4.99 Å². The summed E-state index contributed by atoms with van der Waals surface area (Å²) >= 11 is 4.56. The number of thiocarbonyl (C=S) groups is 1. The van der Waals surface area contributed by atoms with E-state index < -0.39 is 0 Å². The van der Waals surface area contributed by atoms with Gasteiger partial charge in [-0.1, -0.05) is 6.07 Å². The zero-order valence-electron chi connectivity index (χ0n) is 6.77. The van der Waals surface area contributed by atoms with Crippen molar-refractivity contribution >= 4 is 34.0 Å². The molecule has 3 heteroatoms. The van der Waals surface area contributed by atoms with Crippen LogP contribution in [0.4, 0.5) is 5.69 Å². The molecule has 0 saturated carbocycles. The lowest BCUT2D eigenvalue weighted by Gasteiger charge is -1.97. The summed E-state index contributed by atoms with van der Waals surface area (Å²) in [6.45, 7) is 0. The molecule has 0 radical (unpaired) electrons. The number of rotatable bonds is 1. The summed E-state index contributed by atoms with van der Waals surface area (Å²) in [6, 6.07) is 9.58. The molecule has 0 aliphatic rings. The monoisotopic (exact) mass is 186 g/mol. The van der Waals surface area contributed by atoms with Crippen LogP contribution in [0.2, 0.25) is 0 Å². The van der Waals surface area contributed by atoms with Crippen molar-refractivity contribution in [1.29, 1.82) is 0 Å². The minimum Gasteiger partial charge on any atom is -0.256 e. The van der Waals surface area contributed by atoms with Crippen LogP contribution in [0, 0.1) is 0 Å². The van der Waals surface area contributed by atoms with Crippen molar-refractivity contribution in [1.82, 2.24) is 4.98 Å². The predicted molar refractivity (Wildman–Crippen MR) is 56.4 cm³/mol. The van der Waals surface area contributed by atoms with Gasteiger partial charge in [-0.3, -0.25) is 4.98 Å². The van der Waals surface area contributed by atoms with Crippen molar-refractivity contribution in [3.05, 3.63) is 36.5 Å². The Morgan fingerprint density at radius 1 is 1.23 bits per heavy atom. The lowest BCUT2D eigenvalue weighted by molar-refractivity contribution is 1.41. The minimum atomic E-state index is 0.820. The Bertz CT molecular complexity index is 482. The lowest BCUT2D eigenvalue weighted by Crippen LogP contribution is -1.76. The Morgan fingerprint density at radius 2 is 2.15 bits per heavy atom. The summed E-state index contributed by atoms with van der Waals surface area (Å²) in [6.07, 6.45) is 1.76. The summed E-state index contributed by atoms with van der Waals surface area (Å²) in [5, 5.41) is 3.36. The van der Waals surface area contributed by atoms with Crippen molar-refractivity contribution in [2.75, 3.05) is 0 Å². The van der Waals surface area contributed by atoms with E-state index in [1.54, 1.807) is 6.20 Å². The molecule has 0 N–H and O–H groups in total. The van der Waals surface area contributed by atoms with Crippen molar-refractivity contribution < 1.29 is 0 Å². The van der Waals surface area contributed by atoms with E-state index in [1.807, 2.05) is 30.3 Å². The predicted octanol–water partition coefficient (Wildman–Crippen LogP) is 2.97. The Morgan fingerprint density at radius 3 is 3.00 bits per heavy atom. The molecular formula is C10H6N2S. The molecule has 2 nitrogen and oxygen atoms in total. The van der Waals surface area contributed by atoms with Gasteiger partial charge in [-0.2, -0.15) is 4.99 Å². The van der Waals surface area contributed by atoms with E-state index in [4.69, 9.17) is 0 Å². The highest BCUT2D eigenvalue weighted by Gasteiger charge is 1.97. The largest absolute Gasteiger partial charge is 0.256 e. The first-order chi connectivity index (χ1) is 6.42. The standard InChI is InChI=1S/C10H6N2S/c13-7-12-10-5-1-4-9-8(10)3-2-6-11-9/h1-6H. The quantitative estimate of drug-likeness (QED) is 0.505. The highest BCUT2D eigenvalue weighted by Crippen LogP contribution is 2.23. The fourth-order valence-electron chi connectivity index (χ4n) is 1.23. The van der Waals surface area contributed by atoms with Gasteiger partial charge in [0, 0.05) is 11.6 Å². The molecule has 62 valence electrons. The Balaban J connectivity index is 2.82. The second kappa shape index (κ2) is 3.44. The number of isothiocyanates is 1. The molecule has 2 rings (SSSR count). The number of aromatic nitrogens is 1. The first-order valence-corrected chi connectivity index (χ1v) is 4.24. The van der Waals surface area contributed by atoms with Gasteiger partial charge in [0.15, 0.2) is 0 Å². The van der Waals surface area contributed by atoms with Crippen LogP contribution in [0.3, 0.4) is 0 Å². The number of hydrogen-bond donors (Lipinski definition) is 0. The van der Waals surface area contributed by atoms with Crippen molar-refractivity contribution in [3.8, 4) is 0 Å². The van der Waals surface area contributed by atoms with Gasteiger partial charge in [0.1, 0.15) is 0 Å². The molecule has 0 fully saturated rings. The number of nitrogens with zero attached hydrogens (tertiary/aromatic N) is 2. The zero-order chi connectivity index (χ0) is 9.10. The summed E-state index contributed by atoms with van der Waals surface area (Å²) in [5.41, 5.74) is 1.75. The number of benzene rings is 1. The van der Waals surface area contributed by atoms with E-state index in [0.717, 1.165) is 16.6 Å². The third-order valence-corrected chi connectivity index (χ3v) is 1.88. The van der Waals surface area contributed by atoms with Gasteiger partial charge in [-0.25, -0.2) is 0 Å². The van der Waals surface area contributed by atoms with E-state index in [9.17, 15) is 0 Å². The number of aliphatic imine (C=N–C) groups is 1. The smallest absolute Gasteiger partial charge is 0.0833 e. The van der Waals surface area contributed by atoms with Gasteiger partial charge in [0.25, 0.3) is 0 Å². The van der Waals surface area contributed by atoms with Gasteiger partial charge >= 0.3 is 0 Å². The van der Waals surface area contributed by atoms with E-state index in [-0.39, 0.29) is 0 Å². The molecule has 0 amide bonds. The summed E-state index contributed by atoms with van der Waals surface area (Å²) in [5.74, 6) is 0. The molecule has 0 aliphatic carbocycles. The summed E-state index contributed by atoms with van der Waals surface area (Å²) < 4.78 is 0. The summed E-state index contributed by atoms with van der Waals surface area (Å²) in [7, 11) is 0. The SMILES string of the molecule is S=C=Nc1cccc2ncccc12. The molecule has 0 saturated heterocycles. The molecule has 1 aromatic carbocycles. The lowest BCUT2D eigenvalue weighted by atomic mass is 10.2. The second-order valence-corrected chi connectivity index (χ2v) is 2.73. The highest BCUT2D eigenvalue weighted by molar-refractivity contribution is 7.78. The minimum absolute atomic E-state index is 0.820. The van der Waals surface area contributed by atoms with Gasteiger partial charge in [0.05, 0.1) is 16.4 Å². The molecule has 0 aliphatic heterocycles. The van der Waals surface area contributed by atoms with Crippen molar-refractivity contribution in [2.45, 2.75) is 0 Å². The van der Waals surface area contributed by atoms with Gasteiger partial charge < -0.3 is 0 Å². The van der Waals surface area contributed by atoms with Crippen LogP contribution in [0.25, 0.3) is 10.9 Å². The van der Waals surface area contributed by atoms with Gasteiger partial charge in [-0.15, -0.1) is 0 Å². The van der Waals surface area contributed by atoms with Crippen LogP contribution in [0.1, 0.15) is 0 Å². The Labute approximate surface area is 81.0 Å². The average molecular weight is 186 g/mol. The molecule has 1 aromatic heterocycles. The van der Waals surface area contributed by atoms with E-state index in [2.05, 4.69) is 27.4 Å². The van der Waals surface area contributed by atoms with Crippen LogP contribution in [0.5, 0.6) is 0 Å². The maximum Gasteiger partial charge on any atom is 0.0833 e. The van der Waals surface area contributed by atoms with Gasteiger partial charge in [0.2, 0.25) is 0 Å². The van der Waals surface area contributed by atoms with Crippen LogP contribution in [-0.2, 0) is 0 Å². The first-order valence-electron chi connectivity index (χ1n) is 3.83. The maximum atomic E-state index is 4.56. The number of hydrogen-bond acceptors (Lipinski definition) is 3. The van der Waals surface area contributed by atoms with Crippen molar-refractivity contribution in [3.63, 3.8) is 0 Å². The maximum absolute atomic E-state index is 4.56. The second-order valence-electron chi connectivity index (χ2n) is 2.55. The molecule has 0 spiro atoms. The van der Waals surface area contributed by atoms with E-state index in [1.165, 1.54) is 0 Å². The Hall–Kier alpha value is -1.57. The zero-order valence-corrected chi connectivity index (χ0v) is 7.58. The normalized spacial score (nSPS) is 9.54. The average Bonchev–Trinajstić information content (AvgIpc) is 2.19. The third-order valence-electron chi connectivity index (χ3n) is 1.79. The third kappa shape index (κ3) is 1.47. The molecule has 0 atom stereocenters. The Kier molecular flexibility index (Phi) is 2.13. The van der Waals surface area contributed by atoms with E-state index in [0.29, 0.717) is 0 Å². The fourth-order valence-corrected chi connectivity index (χ4v) is 1.33. The van der Waals surface area contributed by atoms with Crippen LogP contribution >= 0.6 is 12.2 Å².